The van der Waals surface area contributed by atoms with Gasteiger partial charge in [-0.1, -0.05) is 96.2 Å². The van der Waals surface area contributed by atoms with E-state index in [0.717, 1.165) is 28.5 Å². The van der Waals surface area contributed by atoms with Gasteiger partial charge < -0.3 is 20.2 Å². The molecule has 2 N–H and O–H groups in total. The number of aromatic nitrogens is 1. The molecule has 13 heteroatoms. The Hall–Kier alpha value is -5.27. The van der Waals surface area contributed by atoms with E-state index < -0.39 is 41.0 Å². The molecule has 256 valence electrons. The van der Waals surface area contributed by atoms with Gasteiger partial charge in [-0.3, -0.25) is 19.3 Å². The highest BCUT2D eigenvalue weighted by molar-refractivity contribution is 8.04. The predicted molar refractivity (Wildman–Crippen MR) is 192 cm³/mol. The second-order valence-electron chi connectivity index (χ2n) is 12.5. The van der Waals surface area contributed by atoms with E-state index in [1.165, 1.54) is 23.3 Å². The van der Waals surface area contributed by atoms with Gasteiger partial charge in [-0.05, 0) is 37.5 Å². The number of esters is 1. The second kappa shape index (κ2) is 14.3. The van der Waals surface area contributed by atoms with E-state index in [1.807, 2.05) is 54.6 Å². The number of anilines is 1. The average molecular weight is 710 g/mol. The number of carbonyl (C=O) groups excluding carboxylic acids is 4. The molecule has 2 aliphatic rings. The molecule has 0 aliphatic carbocycles. The number of fused-ring (bicyclic) bond motifs is 1. The molecular formula is C37H35N5O6S2. The fourth-order valence-corrected chi connectivity index (χ4v) is 7.84. The van der Waals surface area contributed by atoms with E-state index in [1.54, 1.807) is 26.2 Å². The molecule has 2 unspecified atom stereocenters. The fraction of sp³-hybridized carbons (Fsp3) is 0.243. The Kier molecular flexibility index (Phi) is 9.89. The minimum absolute atomic E-state index is 0.107. The summed E-state index contributed by atoms with van der Waals surface area (Å²) < 4.78 is 5.48. The molecule has 2 amide bonds. The Morgan fingerprint density at radius 3 is 2.00 bits per heavy atom. The zero-order valence-electron chi connectivity index (χ0n) is 27.8. The summed E-state index contributed by atoms with van der Waals surface area (Å²) in [6, 6.07) is 28.6. The molecule has 2 atom stereocenters. The van der Waals surface area contributed by atoms with E-state index >= 15 is 0 Å². The zero-order chi connectivity index (χ0) is 35.5. The third kappa shape index (κ3) is 6.66. The van der Waals surface area contributed by atoms with Crippen molar-refractivity contribution in [3.8, 4) is 0 Å². The molecule has 4 aromatic rings. The molecule has 2 aliphatic heterocycles. The summed E-state index contributed by atoms with van der Waals surface area (Å²) in [6.45, 7) is 5.09. The van der Waals surface area contributed by atoms with Crippen molar-refractivity contribution in [2.75, 3.05) is 18.2 Å². The molecule has 50 heavy (non-hydrogen) atoms. The molecule has 1 saturated heterocycles. The summed E-state index contributed by atoms with van der Waals surface area (Å²) in [4.78, 5) is 63.1. The lowest BCUT2D eigenvalue weighted by molar-refractivity contribution is -0.160. The number of hydrogen-bond donors (Lipinski definition) is 2. The summed E-state index contributed by atoms with van der Waals surface area (Å²) in [7, 11) is 1.32. The van der Waals surface area contributed by atoms with Crippen LogP contribution in [0.3, 0.4) is 0 Å². The van der Waals surface area contributed by atoms with Gasteiger partial charge in [-0.25, -0.2) is 9.78 Å². The molecule has 1 aromatic heterocycles. The quantitative estimate of drug-likeness (QED) is 0.0545. The number of nitrogens with one attached hydrogen (secondary N) is 2. The molecule has 3 aromatic carbocycles. The Morgan fingerprint density at radius 2 is 1.50 bits per heavy atom. The number of thioether (sulfide) groups is 1. The second-order valence-corrected chi connectivity index (χ2v) is 14.4. The molecule has 0 spiro atoms. The summed E-state index contributed by atoms with van der Waals surface area (Å²) in [6.07, 6.45) is 0.540. The summed E-state index contributed by atoms with van der Waals surface area (Å²) in [5.74, 6) is -1.72. The number of thiazole rings is 1. The normalized spacial score (nSPS) is 17.7. The van der Waals surface area contributed by atoms with Crippen LogP contribution in [0.15, 0.2) is 112 Å². The van der Waals surface area contributed by atoms with Crippen LogP contribution < -0.4 is 10.6 Å². The first-order chi connectivity index (χ1) is 24.1. The van der Waals surface area contributed by atoms with Crippen molar-refractivity contribution in [1.82, 2.24) is 15.2 Å². The van der Waals surface area contributed by atoms with Gasteiger partial charge in [0.1, 0.15) is 35.7 Å². The van der Waals surface area contributed by atoms with Crippen LogP contribution in [-0.2, 0) is 34.3 Å². The van der Waals surface area contributed by atoms with E-state index in [2.05, 4.69) is 52.2 Å². The van der Waals surface area contributed by atoms with Gasteiger partial charge in [-0.15, -0.1) is 23.1 Å². The molecule has 11 nitrogen and oxygen atoms in total. The summed E-state index contributed by atoms with van der Waals surface area (Å²) >= 11 is 2.42. The van der Waals surface area contributed by atoms with Crippen LogP contribution in [0, 0.1) is 0 Å². The third-order valence-electron chi connectivity index (χ3n) is 8.15. The molecule has 0 saturated carbocycles. The highest BCUT2D eigenvalue weighted by Gasteiger charge is 2.54. The smallest absolute Gasteiger partial charge is 0.356 e. The first kappa shape index (κ1) is 34.6. The van der Waals surface area contributed by atoms with Gasteiger partial charge in [0, 0.05) is 11.1 Å². The maximum atomic E-state index is 13.7. The number of oxime groups is 1. The SMILES string of the molecule is CON=C(C(=O)NC1C(=O)N2C(C(=O)OC(C)(C)C)=C(C=O)SCC12)c1csc(NC(c2ccccc2)(c2ccccc2)c2ccccc2)n1. The maximum Gasteiger partial charge on any atom is 0.356 e. The van der Waals surface area contributed by atoms with Gasteiger partial charge in [0.15, 0.2) is 17.1 Å². The fourth-order valence-electron chi connectivity index (χ4n) is 6.01. The monoisotopic (exact) mass is 709 g/mol. The topological polar surface area (TPSA) is 139 Å². The number of ether oxygens (including phenoxy) is 1. The number of rotatable bonds is 11. The lowest BCUT2D eigenvalue weighted by Crippen LogP contribution is -2.73. The number of β-lactam (4-membered cyclic amide) rings is 1. The number of hydrogen-bond acceptors (Lipinski definition) is 11. The van der Waals surface area contributed by atoms with Crippen LogP contribution >= 0.6 is 23.1 Å². The molecule has 6 rings (SSSR count). The van der Waals surface area contributed by atoms with Crippen LogP contribution in [-0.4, -0.2) is 70.2 Å². The van der Waals surface area contributed by atoms with Gasteiger partial charge in [0.05, 0.1) is 10.9 Å². The lowest BCUT2D eigenvalue weighted by Gasteiger charge is -2.49. The minimum Gasteiger partial charge on any atom is -0.455 e. The largest absolute Gasteiger partial charge is 0.455 e. The number of benzene rings is 3. The minimum atomic E-state index is -0.971. The molecule has 1 fully saturated rings. The van der Waals surface area contributed by atoms with Crippen molar-refractivity contribution >= 4 is 58.0 Å². The van der Waals surface area contributed by atoms with Gasteiger partial charge in [-0.2, -0.15) is 0 Å². The number of allylic oxidation sites excluding steroid dienone is 1. The molecule has 0 bridgehead atoms. The zero-order valence-corrected chi connectivity index (χ0v) is 29.4. The van der Waals surface area contributed by atoms with Crippen molar-refractivity contribution in [2.45, 2.75) is 44.0 Å². The van der Waals surface area contributed by atoms with Crippen LogP contribution in [0.5, 0.6) is 0 Å². The summed E-state index contributed by atoms with van der Waals surface area (Å²) in [5, 5.41) is 12.6. The van der Waals surface area contributed by atoms with Gasteiger partial charge in [0.25, 0.3) is 11.8 Å². The molecular weight excluding hydrogens is 675 g/mol. The third-order valence-corrected chi connectivity index (χ3v) is 10.0. The van der Waals surface area contributed by atoms with E-state index in [0.29, 0.717) is 17.2 Å². The maximum absolute atomic E-state index is 13.7. The van der Waals surface area contributed by atoms with Crippen LogP contribution in [0.25, 0.3) is 0 Å². The van der Waals surface area contributed by atoms with Crippen molar-refractivity contribution in [3.63, 3.8) is 0 Å². The number of amides is 2. The van der Waals surface area contributed by atoms with Crippen molar-refractivity contribution < 1.29 is 28.8 Å². The number of carbonyl (C=O) groups is 4. The first-order valence-corrected chi connectivity index (χ1v) is 17.6. The predicted octanol–water partition coefficient (Wildman–Crippen LogP) is 5.09. The Labute approximate surface area is 297 Å². The Balaban J connectivity index is 1.28. The van der Waals surface area contributed by atoms with E-state index in [9.17, 15) is 19.2 Å². The van der Waals surface area contributed by atoms with Crippen molar-refractivity contribution in [3.05, 3.63) is 129 Å². The van der Waals surface area contributed by atoms with Crippen LogP contribution in [0.4, 0.5) is 5.13 Å². The lowest BCUT2D eigenvalue weighted by atomic mass is 9.77. The van der Waals surface area contributed by atoms with Gasteiger partial charge >= 0.3 is 5.97 Å². The number of aldehydes is 1. The highest BCUT2D eigenvalue weighted by atomic mass is 32.2. The molecule has 3 heterocycles. The number of nitrogens with zero attached hydrogens (tertiary/aromatic N) is 3. The average Bonchev–Trinajstić information content (AvgIpc) is 3.59. The van der Waals surface area contributed by atoms with Crippen molar-refractivity contribution in [2.24, 2.45) is 5.16 Å². The van der Waals surface area contributed by atoms with E-state index in [4.69, 9.17) is 14.6 Å². The molecule has 0 radical (unpaired) electrons. The van der Waals surface area contributed by atoms with E-state index in [-0.39, 0.29) is 22.0 Å². The standard InChI is InChI=1S/C37H35N5O6S2/c1-36(2,3)48-34(46)31-28(20-43)49-22-27-30(33(45)42(27)31)39-32(44)29(41-47-4)26-21-50-35(38-26)40-37(23-14-8-5-9-15-23,24-16-10-6-11-17-24)25-18-12-7-13-19-25/h5-21,27,30H,22H2,1-4H3,(H,38,40)(H,39,44). The van der Waals surface area contributed by atoms with Gasteiger partial charge in [0.2, 0.25) is 0 Å². The Morgan fingerprint density at radius 1 is 0.940 bits per heavy atom. The first-order valence-electron chi connectivity index (χ1n) is 15.8. The van der Waals surface area contributed by atoms with Crippen molar-refractivity contribution in [1.29, 1.82) is 0 Å². The highest BCUT2D eigenvalue weighted by Crippen LogP contribution is 2.41. The van der Waals surface area contributed by atoms with Crippen LogP contribution in [0.1, 0.15) is 43.2 Å². The summed E-state index contributed by atoms with van der Waals surface area (Å²) in [5.41, 5.74) is 1.24. The van der Waals surface area contributed by atoms with Crippen LogP contribution in [0.2, 0.25) is 0 Å². The Bertz CT molecular complexity index is 1860.